The zero-order valence-electron chi connectivity index (χ0n) is 24.6. The number of unbranched alkanes of at least 4 members (excludes halogenated alkanes) is 3. The summed E-state index contributed by atoms with van der Waals surface area (Å²) in [5.74, 6) is 6.48. The Bertz CT molecular complexity index is 1380. The highest BCUT2D eigenvalue weighted by Crippen LogP contribution is 2.29. The van der Waals surface area contributed by atoms with E-state index in [2.05, 4.69) is 31.1 Å². The van der Waals surface area contributed by atoms with Crippen LogP contribution in [0.15, 0.2) is 102 Å². The molecule has 1 aliphatic rings. The Balaban J connectivity index is 0.000000696. The highest BCUT2D eigenvalue weighted by molar-refractivity contribution is 6.30. The van der Waals surface area contributed by atoms with Gasteiger partial charge in [-0.3, -0.25) is 4.79 Å². The molecule has 0 saturated carbocycles. The molecule has 0 fully saturated rings. The number of amides is 1. The maximum absolute atomic E-state index is 12.7. The van der Waals surface area contributed by atoms with Crippen LogP contribution >= 0.6 is 11.6 Å². The van der Waals surface area contributed by atoms with Crippen molar-refractivity contribution in [1.29, 1.82) is 0 Å². The number of aliphatic imine (C=N–C) groups is 1. The summed E-state index contributed by atoms with van der Waals surface area (Å²) >= 11 is 6.01. The smallest absolute Gasteiger partial charge is 0.265 e. The van der Waals surface area contributed by atoms with E-state index in [1.54, 1.807) is 18.2 Å². The first-order valence-corrected chi connectivity index (χ1v) is 14.6. The summed E-state index contributed by atoms with van der Waals surface area (Å²) in [5, 5.41) is 8.56. The van der Waals surface area contributed by atoms with Crippen molar-refractivity contribution in [3.05, 3.63) is 118 Å². The van der Waals surface area contributed by atoms with Crippen LogP contribution in [-0.4, -0.2) is 11.7 Å². The number of benzene rings is 3. The molecule has 0 bridgehead atoms. The number of rotatable bonds is 9. The van der Waals surface area contributed by atoms with Gasteiger partial charge < -0.3 is 10.6 Å². The number of para-hydroxylation sites is 1. The third kappa shape index (κ3) is 9.34. The highest BCUT2D eigenvalue weighted by atomic mass is 35.5. The van der Waals surface area contributed by atoms with Crippen LogP contribution in [0.5, 0.6) is 0 Å². The number of hydrazine groups is 1. The van der Waals surface area contributed by atoms with Crippen molar-refractivity contribution in [3.63, 3.8) is 0 Å². The molecule has 216 valence electrons. The number of carbonyl (C=O) groups excluding carboxylic acids is 1. The van der Waals surface area contributed by atoms with E-state index in [-0.39, 0.29) is 12.1 Å². The molecule has 7 heteroatoms. The number of nitrogens with one attached hydrogen (secondary N) is 2. The number of carbonyl (C=O) groups is 1. The molecular weight excluding hydrogens is 530 g/mol. The predicted octanol–water partition coefficient (Wildman–Crippen LogP) is 8.45. The Hall–Kier alpha value is -3.87. The van der Waals surface area contributed by atoms with Gasteiger partial charge in [0.2, 0.25) is 0 Å². The zero-order valence-corrected chi connectivity index (χ0v) is 25.3. The Morgan fingerprint density at radius 3 is 2.39 bits per heavy atom. The number of halogens is 1. The number of anilines is 2. The molecule has 1 heterocycles. The Labute approximate surface area is 250 Å². The van der Waals surface area contributed by atoms with E-state index in [4.69, 9.17) is 22.4 Å². The minimum absolute atomic E-state index is 0.215. The van der Waals surface area contributed by atoms with Gasteiger partial charge in [-0.2, -0.15) is 0 Å². The minimum Gasteiger partial charge on any atom is -0.359 e. The summed E-state index contributed by atoms with van der Waals surface area (Å²) in [7, 11) is 0. The number of hydrogen-bond donors (Lipinski definition) is 3. The number of nitrogens with two attached hydrogens (primary N) is 1. The van der Waals surface area contributed by atoms with Crippen LogP contribution in [0.4, 0.5) is 11.4 Å². The molecule has 1 atom stereocenters. The van der Waals surface area contributed by atoms with Crippen LogP contribution in [0.2, 0.25) is 5.02 Å². The third-order valence-electron chi connectivity index (χ3n) is 6.62. The fourth-order valence-corrected chi connectivity index (χ4v) is 4.70. The molecule has 0 spiro atoms. The quantitative estimate of drug-likeness (QED) is 0.0791. The van der Waals surface area contributed by atoms with Crippen molar-refractivity contribution in [3.8, 4) is 0 Å². The maximum Gasteiger partial charge on any atom is 0.265 e. The molecule has 3 aromatic carbocycles. The zero-order chi connectivity index (χ0) is 29.8. The number of hydrogen-bond acceptors (Lipinski definition) is 5. The van der Waals surface area contributed by atoms with Gasteiger partial charge >= 0.3 is 0 Å². The van der Waals surface area contributed by atoms with Crippen LogP contribution in [-0.2, 0) is 4.79 Å². The monoisotopic (exact) mass is 571 g/mol. The van der Waals surface area contributed by atoms with Gasteiger partial charge in [0.15, 0.2) is 0 Å². The molecule has 0 aliphatic carbocycles. The SMILES string of the molecule is C=C(C/C(C)=C\C(=O)N(N)c1ccc(Cl)cc1C)NC1=NC(c2ccccc2)Nc2ccccc21.CCCCCC. The van der Waals surface area contributed by atoms with Crippen LogP contribution in [0, 0.1) is 6.92 Å². The molecule has 41 heavy (non-hydrogen) atoms. The van der Waals surface area contributed by atoms with Crippen LogP contribution in [0.1, 0.15) is 75.7 Å². The third-order valence-corrected chi connectivity index (χ3v) is 6.85. The summed E-state index contributed by atoms with van der Waals surface area (Å²) < 4.78 is 0. The van der Waals surface area contributed by atoms with Gasteiger partial charge in [-0.25, -0.2) is 15.8 Å². The van der Waals surface area contributed by atoms with Crippen molar-refractivity contribution in [2.24, 2.45) is 10.8 Å². The van der Waals surface area contributed by atoms with Gasteiger partial charge in [0.05, 0.1) is 5.69 Å². The molecular formula is C34H42ClN5O. The van der Waals surface area contributed by atoms with E-state index in [0.29, 0.717) is 17.1 Å². The Morgan fingerprint density at radius 2 is 1.73 bits per heavy atom. The number of nitrogens with zero attached hydrogens (tertiary/aromatic N) is 2. The maximum atomic E-state index is 12.7. The first-order chi connectivity index (χ1) is 19.7. The van der Waals surface area contributed by atoms with Gasteiger partial charge in [-0.05, 0) is 55.3 Å². The molecule has 0 saturated heterocycles. The lowest BCUT2D eigenvalue weighted by Gasteiger charge is -2.27. The standard InChI is InChI=1S/C28H28ClN5O.C6H14/c1-18(16-26(35)34(30)25-14-13-22(29)17-19(25)2)15-20(3)31-28-23-11-7-8-12-24(23)32-27(33-28)21-9-5-4-6-10-21;1-3-5-6-4-2/h4-14,16-17,27,32H,3,15,30H2,1-2H3,(H,31,33);3-6H2,1-2H3/b18-16-;. The summed E-state index contributed by atoms with van der Waals surface area (Å²) in [5.41, 5.74) is 5.98. The minimum atomic E-state index is -0.325. The fourth-order valence-electron chi connectivity index (χ4n) is 4.47. The number of allylic oxidation sites excluding steroid dienone is 1. The molecule has 0 aromatic heterocycles. The first kappa shape index (κ1) is 31.7. The number of fused-ring (bicyclic) bond motifs is 1. The topological polar surface area (TPSA) is 82.8 Å². The van der Waals surface area contributed by atoms with Gasteiger partial charge in [0.25, 0.3) is 5.91 Å². The molecule has 4 N–H and O–H groups in total. The molecule has 3 aromatic rings. The lowest BCUT2D eigenvalue weighted by Crippen LogP contribution is -2.37. The van der Waals surface area contributed by atoms with Gasteiger partial charge in [-0.15, -0.1) is 0 Å². The molecule has 1 aliphatic heterocycles. The average molecular weight is 572 g/mol. The largest absolute Gasteiger partial charge is 0.359 e. The van der Waals surface area contributed by atoms with Crippen molar-refractivity contribution in [2.45, 2.75) is 66.0 Å². The number of amidine groups is 1. The van der Waals surface area contributed by atoms with E-state index in [9.17, 15) is 4.79 Å². The molecule has 1 amide bonds. The normalized spacial score (nSPS) is 14.0. The van der Waals surface area contributed by atoms with Gasteiger partial charge in [0.1, 0.15) is 12.0 Å². The van der Waals surface area contributed by atoms with Crippen LogP contribution < -0.4 is 21.5 Å². The Morgan fingerprint density at radius 1 is 1.07 bits per heavy atom. The van der Waals surface area contributed by atoms with Gasteiger partial charge in [0, 0.05) is 34.5 Å². The second kappa shape index (κ2) is 15.8. The lowest BCUT2D eigenvalue weighted by molar-refractivity contribution is -0.114. The van der Waals surface area contributed by atoms with E-state index in [0.717, 1.165) is 44.5 Å². The van der Waals surface area contributed by atoms with Crippen molar-refractivity contribution in [2.75, 3.05) is 10.3 Å². The fraction of sp³-hybridized carbons (Fsp3) is 0.294. The van der Waals surface area contributed by atoms with E-state index < -0.39 is 0 Å². The predicted molar refractivity (Wildman–Crippen MR) is 174 cm³/mol. The lowest BCUT2D eigenvalue weighted by atomic mass is 10.1. The summed E-state index contributed by atoms with van der Waals surface area (Å²) in [6.07, 6.45) is 7.30. The van der Waals surface area contributed by atoms with E-state index >= 15 is 0 Å². The molecule has 0 radical (unpaired) electrons. The van der Waals surface area contributed by atoms with Crippen LogP contribution in [0.3, 0.4) is 0 Å². The van der Waals surface area contributed by atoms with E-state index in [1.807, 2.05) is 68.4 Å². The highest BCUT2D eigenvalue weighted by Gasteiger charge is 2.21. The van der Waals surface area contributed by atoms with E-state index in [1.165, 1.54) is 31.8 Å². The van der Waals surface area contributed by atoms with Crippen molar-refractivity contribution >= 4 is 34.7 Å². The second-order valence-electron chi connectivity index (χ2n) is 10.2. The van der Waals surface area contributed by atoms with Crippen LogP contribution in [0.25, 0.3) is 0 Å². The molecule has 6 nitrogen and oxygen atoms in total. The van der Waals surface area contributed by atoms with Crippen molar-refractivity contribution in [1.82, 2.24) is 5.32 Å². The first-order valence-electron chi connectivity index (χ1n) is 14.2. The van der Waals surface area contributed by atoms with Crippen molar-refractivity contribution < 1.29 is 4.79 Å². The number of aryl methyl sites for hydroxylation is 1. The average Bonchev–Trinajstić information content (AvgIpc) is 2.96. The molecule has 1 unspecified atom stereocenters. The molecule has 4 rings (SSSR count). The second-order valence-corrected chi connectivity index (χ2v) is 10.7. The summed E-state index contributed by atoms with van der Waals surface area (Å²) in [6.45, 7) is 12.4. The van der Waals surface area contributed by atoms with Gasteiger partial charge in [-0.1, -0.05) is 106 Å². The Kier molecular flexibility index (Phi) is 12.2. The summed E-state index contributed by atoms with van der Waals surface area (Å²) in [6, 6.07) is 23.3. The summed E-state index contributed by atoms with van der Waals surface area (Å²) in [4.78, 5) is 17.6.